The highest BCUT2D eigenvalue weighted by molar-refractivity contribution is 7.89. The molecule has 1 amide bonds. The fraction of sp³-hybridized carbons (Fsp3) is 0.550. The Labute approximate surface area is 176 Å². The fourth-order valence-electron chi connectivity index (χ4n) is 3.80. The van der Waals surface area contributed by atoms with Crippen LogP contribution in [0.1, 0.15) is 48.8 Å². The van der Waals surface area contributed by atoms with E-state index in [2.05, 4.69) is 15.6 Å². The monoisotopic (exact) mass is 433 g/mol. The van der Waals surface area contributed by atoms with Gasteiger partial charge in [-0.15, -0.1) is 5.10 Å². The number of nitrogens with one attached hydrogen (secondary N) is 1. The van der Waals surface area contributed by atoms with Gasteiger partial charge in [0.2, 0.25) is 10.0 Å². The van der Waals surface area contributed by atoms with E-state index in [1.54, 1.807) is 4.68 Å². The van der Waals surface area contributed by atoms with Crippen LogP contribution in [-0.4, -0.2) is 71.2 Å². The van der Waals surface area contributed by atoms with Gasteiger partial charge in [0.1, 0.15) is 0 Å². The fourth-order valence-corrected chi connectivity index (χ4v) is 5.29. The molecule has 0 spiro atoms. The summed E-state index contributed by atoms with van der Waals surface area (Å²) in [6.07, 6.45) is 1.68. The summed E-state index contributed by atoms with van der Waals surface area (Å²) >= 11 is 0. The van der Waals surface area contributed by atoms with Gasteiger partial charge in [0.15, 0.2) is 5.69 Å². The zero-order valence-corrected chi connectivity index (χ0v) is 18.0. The Morgan fingerprint density at radius 3 is 2.47 bits per heavy atom. The summed E-state index contributed by atoms with van der Waals surface area (Å²) in [5, 5.41) is 11.0. The van der Waals surface area contributed by atoms with Crippen LogP contribution in [0.3, 0.4) is 0 Å². The topological polar surface area (TPSA) is 106 Å². The van der Waals surface area contributed by atoms with Crippen LogP contribution in [-0.2, 0) is 14.8 Å². The average molecular weight is 434 g/mol. The predicted molar refractivity (Wildman–Crippen MR) is 111 cm³/mol. The number of amides is 1. The molecule has 162 valence electrons. The van der Waals surface area contributed by atoms with Gasteiger partial charge in [-0.05, 0) is 38.8 Å². The minimum atomic E-state index is -3.48. The molecule has 1 saturated carbocycles. The zero-order chi connectivity index (χ0) is 21.3. The minimum absolute atomic E-state index is 0.0174. The number of sulfonamides is 1. The molecule has 2 atom stereocenters. The van der Waals surface area contributed by atoms with Crippen molar-refractivity contribution in [1.29, 1.82) is 0 Å². The van der Waals surface area contributed by atoms with Gasteiger partial charge in [-0.3, -0.25) is 4.79 Å². The molecular weight excluding hydrogens is 406 g/mol. The van der Waals surface area contributed by atoms with Crippen LogP contribution in [0.4, 0.5) is 0 Å². The summed E-state index contributed by atoms with van der Waals surface area (Å²) in [6.45, 7) is 4.39. The van der Waals surface area contributed by atoms with Crippen molar-refractivity contribution in [3.8, 4) is 5.69 Å². The summed E-state index contributed by atoms with van der Waals surface area (Å²) < 4.78 is 34.1. The highest BCUT2D eigenvalue weighted by Gasteiger charge is 2.35. The number of carbonyl (C=O) groups excluding carboxylic acids is 1. The molecule has 2 fully saturated rings. The molecule has 1 aliphatic heterocycles. The maximum atomic E-state index is 12.8. The smallest absolute Gasteiger partial charge is 0.273 e. The highest BCUT2D eigenvalue weighted by atomic mass is 32.2. The van der Waals surface area contributed by atoms with Crippen LogP contribution in [0.5, 0.6) is 0 Å². The molecular formula is C20H27N5O4S. The van der Waals surface area contributed by atoms with E-state index in [1.165, 1.54) is 4.31 Å². The molecule has 2 unspecified atom stereocenters. The second kappa shape index (κ2) is 8.44. The van der Waals surface area contributed by atoms with Crippen molar-refractivity contribution in [2.75, 3.05) is 25.4 Å². The van der Waals surface area contributed by atoms with Gasteiger partial charge in [-0.1, -0.05) is 23.4 Å². The maximum Gasteiger partial charge on any atom is 0.273 e. The molecule has 2 aliphatic rings. The molecule has 1 aliphatic carbocycles. The van der Waals surface area contributed by atoms with Crippen molar-refractivity contribution in [1.82, 2.24) is 24.6 Å². The van der Waals surface area contributed by atoms with Gasteiger partial charge < -0.3 is 10.1 Å². The summed E-state index contributed by atoms with van der Waals surface area (Å²) in [7, 11) is -3.48. The van der Waals surface area contributed by atoms with Crippen molar-refractivity contribution in [3.05, 3.63) is 41.7 Å². The third kappa shape index (κ3) is 4.55. The van der Waals surface area contributed by atoms with E-state index >= 15 is 0 Å². The number of ether oxygens (including phenoxy) is 1. The van der Waals surface area contributed by atoms with Gasteiger partial charge in [0.25, 0.3) is 5.91 Å². The van der Waals surface area contributed by atoms with Gasteiger partial charge in [-0.2, -0.15) is 4.31 Å². The number of nitrogens with zero attached hydrogens (tertiary/aromatic N) is 4. The number of aromatic nitrogens is 3. The van der Waals surface area contributed by atoms with E-state index in [9.17, 15) is 13.2 Å². The van der Waals surface area contributed by atoms with Crippen molar-refractivity contribution in [2.24, 2.45) is 0 Å². The van der Waals surface area contributed by atoms with Crippen molar-refractivity contribution in [3.63, 3.8) is 0 Å². The molecule has 1 aromatic carbocycles. The number of hydrogen-bond donors (Lipinski definition) is 1. The second-order valence-corrected chi connectivity index (χ2v) is 10.1. The van der Waals surface area contributed by atoms with Crippen molar-refractivity contribution in [2.45, 2.75) is 44.8 Å². The SMILES string of the molecule is CC1CN(S(=O)(=O)CCNC(=O)c2nnn(-c3ccccc3)c2C2CC2)CC(C)O1. The molecule has 1 aromatic heterocycles. The summed E-state index contributed by atoms with van der Waals surface area (Å²) in [5.41, 5.74) is 1.91. The lowest BCUT2D eigenvalue weighted by molar-refractivity contribution is -0.0440. The first-order chi connectivity index (χ1) is 14.3. The molecule has 10 heteroatoms. The molecule has 0 radical (unpaired) electrons. The minimum Gasteiger partial charge on any atom is -0.373 e. The first kappa shape index (κ1) is 21.0. The van der Waals surface area contributed by atoms with Gasteiger partial charge in [0, 0.05) is 25.6 Å². The third-order valence-electron chi connectivity index (χ3n) is 5.31. The first-order valence-corrected chi connectivity index (χ1v) is 11.9. The molecule has 9 nitrogen and oxygen atoms in total. The molecule has 2 aromatic rings. The highest BCUT2D eigenvalue weighted by Crippen LogP contribution is 2.41. The van der Waals surface area contributed by atoms with E-state index in [0.717, 1.165) is 24.2 Å². The Morgan fingerprint density at radius 1 is 1.17 bits per heavy atom. The van der Waals surface area contributed by atoms with Crippen molar-refractivity contribution < 1.29 is 17.9 Å². The molecule has 30 heavy (non-hydrogen) atoms. The predicted octanol–water partition coefficient (Wildman–Crippen LogP) is 1.31. The van der Waals surface area contributed by atoms with Gasteiger partial charge in [0.05, 0.1) is 29.3 Å². The van der Waals surface area contributed by atoms with Crippen LogP contribution in [0.15, 0.2) is 30.3 Å². The Morgan fingerprint density at radius 2 is 1.83 bits per heavy atom. The summed E-state index contributed by atoms with van der Waals surface area (Å²) in [4.78, 5) is 12.8. The van der Waals surface area contributed by atoms with Gasteiger partial charge >= 0.3 is 0 Å². The largest absolute Gasteiger partial charge is 0.373 e. The number of carbonyl (C=O) groups is 1. The molecule has 1 saturated heterocycles. The van der Waals surface area contributed by atoms with Gasteiger partial charge in [-0.25, -0.2) is 13.1 Å². The van der Waals surface area contributed by atoms with E-state index in [0.29, 0.717) is 13.1 Å². The normalized spacial score (nSPS) is 22.7. The Kier molecular flexibility index (Phi) is 5.90. The first-order valence-electron chi connectivity index (χ1n) is 10.3. The van der Waals surface area contributed by atoms with E-state index in [-0.39, 0.29) is 36.1 Å². The van der Waals surface area contributed by atoms with Crippen LogP contribution in [0, 0.1) is 0 Å². The summed E-state index contributed by atoms with van der Waals surface area (Å²) in [6, 6.07) is 9.57. The van der Waals surface area contributed by atoms with Crippen LogP contribution in [0.25, 0.3) is 5.69 Å². The summed E-state index contributed by atoms with van der Waals surface area (Å²) in [5.74, 6) is -0.303. The lowest BCUT2D eigenvalue weighted by atomic mass is 10.2. The number of morpholine rings is 1. The number of benzene rings is 1. The molecule has 4 rings (SSSR count). The third-order valence-corrected chi connectivity index (χ3v) is 7.11. The molecule has 0 bridgehead atoms. The zero-order valence-electron chi connectivity index (χ0n) is 17.2. The Hall–Kier alpha value is -2.30. The average Bonchev–Trinajstić information content (AvgIpc) is 3.45. The number of para-hydroxylation sites is 1. The quantitative estimate of drug-likeness (QED) is 0.706. The van der Waals surface area contributed by atoms with Crippen LogP contribution >= 0.6 is 0 Å². The molecule has 1 N–H and O–H groups in total. The Bertz CT molecular complexity index is 993. The standard InChI is InChI=1S/C20H27N5O4S/c1-14-12-24(13-15(2)29-14)30(27,28)11-10-21-20(26)18-19(16-8-9-16)25(23-22-18)17-6-4-3-5-7-17/h3-7,14-16H,8-13H2,1-2H3,(H,21,26). The lowest BCUT2D eigenvalue weighted by Crippen LogP contribution is -2.49. The second-order valence-electron chi connectivity index (χ2n) is 7.99. The van der Waals surface area contributed by atoms with E-state index in [4.69, 9.17) is 4.74 Å². The van der Waals surface area contributed by atoms with Crippen LogP contribution in [0.2, 0.25) is 0 Å². The maximum absolute atomic E-state index is 12.8. The van der Waals surface area contributed by atoms with E-state index in [1.807, 2.05) is 44.2 Å². The van der Waals surface area contributed by atoms with Crippen LogP contribution < -0.4 is 5.32 Å². The number of rotatable bonds is 7. The Balaban J connectivity index is 1.42. The van der Waals surface area contributed by atoms with E-state index < -0.39 is 15.9 Å². The lowest BCUT2D eigenvalue weighted by Gasteiger charge is -2.34. The molecule has 2 heterocycles. The number of hydrogen-bond acceptors (Lipinski definition) is 6. The van der Waals surface area contributed by atoms with Crippen molar-refractivity contribution >= 4 is 15.9 Å².